The molecule has 0 bridgehead atoms. The van der Waals surface area contributed by atoms with Crippen molar-refractivity contribution in [1.29, 1.82) is 0 Å². The molecule has 0 saturated heterocycles. The van der Waals surface area contributed by atoms with E-state index in [4.69, 9.17) is 11.6 Å². The molecular formula is C17H23ClN2O3S. The summed E-state index contributed by atoms with van der Waals surface area (Å²) in [7, 11) is -3.44. The first-order valence-electron chi connectivity index (χ1n) is 8.03. The molecule has 2 rings (SSSR count). The van der Waals surface area contributed by atoms with Crippen LogP contribution in [0.1, 0.15) is 32.1 Å². The summed E-state index contributed by atoms with van der Waals surface area (Å²) in [4.78, 5) is 12.1. The zero-order valence-electron chi connectivity index (χ0n) is 13.8. The third-order valence-corrected chi connectivity index (χ3v) is 5.49. The fraction of sp³-hybridized carbons (Fsp3) is 0.471. The van der Waals surface area contributed by atoms with E-state index >= 15 is 0 Å². The molecule has 0 fully saturated rings. The first kappa shape index (κ1) is 19.0. The van der Waals surface area contributed by atoms with Gasteiger partial charge in [-0.2, -0.15) is 4.31 Å². The maximum Gasteiger partial charge on any atom is 0.239 e. The van der Waals surface area contributed by atoms with Crippen molar-refractivity contribution >= 4 is 33.2 Å². The van der Waals surface area contributed by atoms with Crippen LogP contribution < -0.4 is 5.32 Å². The molecule has 24 heavy (non-hydrogen) atoms. The van der Waals surface area contributed by atoms with Crippen LogP contribution in [0.15, 0.2) is 35.9 Å². The summed E-state index contributed by atoms with van der Waals surface area (Å²) in [6, 6.07) is 6.69. The molecule has 0 aromatic heterocycles. The largest absolute Gasteiger partial charge is 0.325 e. The number of hydrogen-bond donors (Lipinski definition) is 1. The number of amides is 1. The molecule has 5 nitrogen and oxygen atoms in total. The number of sulfonamides is 1. The van der Waals surface area contributed by atoms with E-state index in [1.165, 1.54) is 16.3 Å². The number of halogens is 1. The van der Waals surface area contributed by atoms with Crippen LogP contribution in [0.4, 0.5) is 5.69 Å². The fourth-order valence-corrected chi connectivity index (χ4v) is 3.56. The predicted octanol–water partition coefficient (Wildman–Crippen LogP) is 3.43. The highest BCUT2D eigenvalue weighted by Crippen LogP contribution is 2.21. The molecule has 0 spiro atoms. The van der Waals surface area contributed by atoms with Gasteiger partial charge in [0, 0.05) is 17.3 Å². The first-order valence-corrected chi connectivity index (χ1v) is 10.3. The van der Waals surface area contributed by atoms with E-state index in [1.54, 1.807) is 24.3 Å². The summed E-state index contributed by atoms with van der Waals surface area (Å²) >= 11 is 5.80. The van der Waals surface area contributed by atoms with E-state index in [2.05, 4.69) is 11.4 Å². The van der Waals surface area contributed by atoms with Crippen molar-refractivity contribution in [2.24, 2.45) is 0 Å². The Morgan fingerprint density at radius 2 is 1.96 bits per heavy atom. The van der Waals surface area contributed by atoms with Gasteiger partial charge in [-0.15, -0.1) is 0 Å². The Bertz CT molecular complexity index is 699. The number of rotatable bonds is 7. The van der Waals surface area contributed by atoms with Crippen molar-refractivity contribution in [3.8, 4) is 0 Å². The van der Waals surface area contributed by atoms with Crippen LogP contribution >= 0.6 is 11.6 Å². The van der Waals surface area contributed by atoms with E-state index in [0.29, 0.717) is 23.7 Å². The highest BCUT2D eigenvalue weighted by Gasteiger charge is 2.20. The highest BCUT2D eigenvalue weighted by atomic mass is 35.5. The number of carbonyl (C=O) groups excluding carboxylic acids is 1. The van der Waals surface area contributed by atoms with Crippen molar-refractivity contribution in [3.05, 3.63) is 40.9 Å². The zero-order chi connectivity index (χ0) is 17.6. The monoisotopic (exact) mass is 370 g/mol. The van der Waals surface area contributed by atoms with Crippen LogP contribution in [0.5, 0.6) is 0 Å². The van der Waals surface area contributed by atoms with Crippen molar-refractivity contribution in [2.45, 2.75) is 32.1 Å². The number of carbonyl (C=O) groups is 1. The van der Waals surface area contributed by atoms with Gasteiger partial charge in [0.05, 0.1) is 12.8 Å². The van der Waals surface area contributed by atoms with Gasteiger partial charge in [0.25, 0.3) is 0 Å². The molecule has 0 radical (unpaired) electrons. The van der Waals surface area contributed by atoms with Crippen molar-refractivity contribution in [2.75, 3.05) is 24.7 Å². The Hall–Kier alpha value is -1.37. The Morgan fingerprint density at radius 1 is 1.25 bits per heavy atom. The van der Waals surface area contributed by atoms with Gasteiger partial charge in [-0.25, -0.2) is 8.42 Å². The SMILES string of the molecule is CS(=O)(=O)N(CCC1=CCCCC1)CC(=O)Nc1ccc(Cl)cc1. The summed E-state index contributed by atoms with van der Waals surface area (Å²) in [5, 5.41) is 3.27. The fourth-order valence-electron chi connectivity index (χ4n) is 2.66. The van der Waals surface area contributed by atoms with Crippen molar-refractivity contribution < 1.29 is 13.2 Å². The molecule has 0 heterocycles. The zero-order valence-corrected chi connectivity index (χ0v) is 15.4. The summed E-state index contributed by atoms with van der Waals surface area (Å²) in [6.07, 6.45) is 8.45. The van der Waals surface area contributed by atoms with Gasteiger partial charge in [-0.1, -0.05) is 23.3 Å². The normalized spacial score (nSPS) is 15.2. The third-order valence-electron chi connectivity index (χ3n) is 3.98. The Balaban J connectivity index is 1.93. The Labute approximate surface area is 148 Å². The van der Waals surface area contributed by atoms with Gasteiger partial charge in [-0.3, -0.25) is 4.79 Å². The van der Waals surface area contributed by atoms with E-state index in [0.717, 1.165) is 25.5 Å². The molecule has 1 aromatic rings. The van der Waals surface area contributed by atoms with Crippen LogP contribution in [-0.4, -0.2) is 38.0 Å². The van der Waals surface area contributed by atoms with Gasteiger partial charge in [-0.05, 0) is 56.4 Å². The average molecular weight is 371 g/mol. The van der Waals surface area contributed by atoms with E-state index in [-0.39, 0.29) is 12.5 Å². The summed E-state index contributed by atoms with van der Waals surface area (Å²) < 4.78 is 25.1. The molecule has 1 aliphatic carbocycles. The van der Waals surface area contributed by atoms with Crippen molar-refractivity contribution in [3.63, 3.8) is 0 Å². The number of anilines is 1. The number of allylic oxidation sites excluding steroid dienone is 1. The number of nitrogens with zero attached hydrogens (tertiary/aromatic N) is 1. The third kappa shape index (κ3) is 6.26. The van der Waals surface area contributed by atoms with Crippen LogP contribution in [0.25, 0.3) is 0 Å². The Kier molecular flexibility index (Phi) is 6.83. The van der Waals surface area contributed by atoms with Crippen LogP contribution in [0.2, 0.25) is 5.02 Å². The first-order chi connectivity index (χ1) is 11.3. The van der Waals surface area contributed by atoms with Gasteiger partial charge in [0.1, 0.15) is 0 Å². The standard InChI is InChI=1S/C17H23ClN2O3S/c1-24(22,23)20(12-11-14-5-3-2-4-6-14)13-17(21)19-16-9-7-15(18)8-10-16/h5,7-10H,2-4,6,11-13H2,1H3,(H,19,21). The second-order valence-corrected chi connectivity index (χ2v) is 8.43. The predicted molar refractivity (Wildman–Crippen MR) is 97.7 cm³/mol. The average Bonchev–Trinajstić information content (AvgIpc) is 2.53. The van der Waals surface area contributed by atoms with E-state index in [9.17, 15) is 13.2 Å². The molecule has 1 aliphatic rings. The second-order valence-electron chi connectivity index (χ2n) is 6.01. The highest BCUT2D eigenvalue weighted by molar-refractivity contribution is 7.88. The summed E-state index contributed by atoms with van der Waals surface area (Å²) in [6.45, 7) is 0.146. The lowest BCUT2D eigenvalue weighted by atomic mass is 9.97. The molecule has 1 amide bonds. The summed E-state index contributed by atoms with van der Waals surface area (Å²) in [5.74, 6) is -0.361. The molecule has 1 N–H and O–H groups in total. The minimum Gasteiger partial charge on any atom is -0.325 e. The lowest BCUT2D eigenvalue weighted by Crippen LogP contribution is -2.38. The molecule has 132 valence electrons. The lowest BCUT2D eigenvalue weighted by Gasteiger charge is -2.21. The minimum absolute atomic E-state index is 0.186. The Morgan fingerprint density at radius 3 is 2.54 bits per heavy atom. The molecule has 7 heteroatoms. The molecule has 1 aromatic carbocycles. The maximum atomic E-state index is 12.1. The smallest absolute Gasteiger partial charge is 0.239 e. The van der Waals surface area contributed by atoms with Gasteiger partial charge in [0.2, 0.25) is 15.9 Å². The quantitative estimate of drug-likeness (QED) is 0.748. The maximum absolute atomic E-state index is 12.1. The second kappa shape index (κ2) is 8.65. The summed E-state index contributed by atoms with van der Waals surface area (Å²) in [5.41, 5.74) is 1.88. The minimum atomic E-state index is -3.44. The van der Waals surface area contributed by atoms with E-state index in [1.807, 2.05) is 0 Å². The number of benzene rings is 1. The van der Waals surface area contributed by atoms with Crippen LogP contribution in [0.3, 0.4) is 0 Å². The number of hydrogen-bond acceptors (Lipinski definition) is 3. The van der Waals surface area contributed by atoms with Gasteiger partial charge >= 0.3 is 0 Å². The molecule has 0 aliphatic heterocycles. The molecular weight excluding hydrogens is 348 g/mol. The van der Waals surface area contributed by atoms with E-state index < -0.39 is 10.0 Å². The molecule has 0 unspecified atom stereocenters. The van der Waals surface area contributed by atoms with Gasteiger partial charge < -0.3 is 5.32 Å². The lowest BCUT2D eigenvalue weighted by molar-refractivity contribution is -0.116. The van der Waals surface area contributed by atoms with Crippen LogP contribution in [0, 0.1) is 0 Å². The number of nitrogens with one attached hydrogen (secondary N) is 1. The van der Waals surface area contributed by atoms with Crippen molar-refractivity contribution in [1.82, 2.24) is 4.31 Å². The van der Waals surface area contributed by atoms with Crippen LogP contribution in [-0.2, 0) is 14.8 Å². The molecule has 0 saturated carbocycles. The topological polar surface area (TPSA) is 66.5 Å². The molecule has 0 atom stereocenters. The van der Waals surface area contributed by atoms with Gasteiger partial charge in [0.15, 0.2) is 0 Å².